The summed E-state index contributed by atoms with van der Waals surface area (Å²) in [6.45, 7) is -0.174. The third-order valence-electron chi connectivity index (χ3n) is 11.4. The number of benzene rings is 4. The zero-order valence-electron chi connectivity index (χ0n) is 33.2. The van der Waals surface area contributed by atoms with Crippen LogP contribution < -0.4 is 9.80 Å². The molecule has 64 heavy (non-hydrogen) atoms. The molecule has 0 fully saturated rings. The van der Waals surface area contributed by atoms with Gasteiger partial charge in [0, 0.05) is 71.7 Å². The summed E-state index contributed by atoms with van der Waals surface area (Å²) in [5.41, 5.74) is -3.76. The van der Waals surface area contributed by atoms with Crippen molar-refractivity contribution in [2.24, 2.45) is 0 Å². The number of halogens is 8. The number of phenolic OH excluding ortho intramolecular Hbond substituents is 2. The van der Waals surface area contributed by atoms with Crippen molar-refractivity contribution in [3.05, 3.63) is 105 Å². The van der Waals surface area contributed by atoms with Crippen LogP contribution in [0.1, 0.15) is 66.2 Å². The Labute approximate surface area is 367 Å². The molecule has 0 aliphatic carbocycles. The van der Waals surface area contributed by atoms with Crippen molar-refractivity contribution in [3.8, 4) is 11.5 Å². The van der Waals surface area contributed by atoms with Gasteiger partial charge in [-0.2, -0.15) is 26.3 Å². The number of alkyl halides is 8. The van der Waals surface area contributed by atoms with E-state index >= 15 is 0 Å². The predicted molar refractivity (Wildman–Crippen MR) is 226 cm³/mol. The number of hydrogen-bond donors (Lipinski definition) is 4. The second-order valence-electron chi connectivity index (χ2n) is 14.9. The number of esters is 2. The molecular weight excluding hydrogens is 897 g/mol. The highest BCUT2D eigenvalue weighted by Crippen LogP contribution is 2.51. The van der Waals surface area contributed by atoms with Gasteiger partial charge in [0.15, 0.2) is 0 Å². The first-order valence-electron chi connectivity index (χ1n) is 19.1. The van der Waals surface area contributed by atoms with Crippen LogP contribution in [-0.4, -0.2) is 83.0 Å². The fraction of sp³-hybridized carbons (Fsp3) is 0.227. The molecule has 332 valence electrons. The molecule has 0 saturated heterocycles. The van der Waals surface area contributed by atoms with E-state index in [1.807, 2.05) is 0 Å². The summed E-state index contributed by atoms with van der Waals surface area (Å²) in [4.78, 5) is 59.9. The molecule has 4 N–H and O–H groups in total. The molecule has 2 amide bonds. The fourth-order valence-corrected chi connectivity index (χ4v) is 9.18. The molecule has 20 heteroatoms. The van der Waals surface area contributed by atoms with Crippen molar-refractivity contribution in [3.63, 3.8) is 0 Å². The van der Waals surface area contributed by atoms with E-state index in [1.54, 1.807) is 36.4 Å². The van der Waals surface area contributed by atoms with E-state index in [2.05, 4.69) is 19.4 Å². The number of aromatic hydroxyl groups is 2. The number of nitrogens with one attached hydrogen (secondary N) is 2. The molecule has 2 aliphatic heterocycles. The van der Waals surface area contributed by atoms with E-state index in [0.717, 1.165) is 26.4 Å². The Balaban J connectivity index is 1.11. The molecule has 2 aromatic heterocycles. The van der Waals surface area contributed by atoms with Crippen LogP contribution in [0.25, 0.3) is 44.7 Å². The summed E-state index contributed by atoms with van der Waals surface area (Å²) in [6.07, 6.45) is -4.55. The SMILES string of the molecule is COC(=O)c1c(C(F)(F)F)[nH]c2c(O)cc3c(c12)[C@H](CCl)CN3C(=O)/C=C/c1ccc(/C=C/C(=O)N2C[C@@H](CCl)c3c2cc(O)c2[nH]c(C(F)(F)F)c(C(=O)OC)c32)c2ccccc12. The number of aromatic nitrogens is 2. The monoisotopic (exact) mass is 928 g/mol. The number of anilines is 2. The summed E-state index contributed by atoms with van der Waals surface area (Å²) in [5, 5.41) is 22.5. The van der Waals surface area contributed by atoms with Crippen LogP contribution in [0.5, 0.6) is 11.5 Å². The van der Waals surface area contributed by atoms with Gasteiger partial charge in [0.05, 0.1) is 47.8 Å². The van der Waals surface area contributed by atoms with Gasteiger partial charge in [0.1, 0.15) is 22.9 Å². The van der Waals surface area contributed by atoms with Gasteiger partial charge >= 0.3 is 24.3 Å². The van der Waals surface area contributed by atoms with E-state index in [-0.39, 0.29) is 69.2 Å². The molecule has 0 saturated carbocycles. The molecule has 4 heterocycles. The Kier molecular flexibility index (Phi) is 11.1. The molecule has 6 aromatic rings. The first-order chi connectivity index (χ1) is 30.3. The standard InChI is InChI=1S/C44H32Cl2F6N4O8/c1-63-41(61)35-33-31-21(15-45)17-55(25(31)13-27(57)37(33)53-39(35)43(47,48)49)29(59)11-9-19-7-8-20(24-6-4-3-5-23(19)24)10-12-30(60)56-18-22(16-46)32-26(56)14-28(58)38-34(32)36(42(62)64-2)40(54-38)44(50,51)52/h3-14,21-22,53-54,57-58H,15-18H2,1-2H3/b11-9+,12-10+/t21-,22-/m1/s1. The van der Waals surface area contributed by atoms with Crippen molar-refractivity contribution in [1.29, 1.82) is 0 Å². The zero-order chi connectivity index (χ0) is 46.2. The molecule has 2 atom stereocenters. The Morgan fingerprint density at radius 1 is 0.688 bits per heavy atom. The van der Waals surface area contributed by atoms with Gasteiger partial charge in [-0.25, -0.2) is 9.59 Å². The number of rotatable bonds is 8. The number of ether oxygens (including phenoxy) is 2. The molecule has 8 rings (SSSR count). The maximum Gasteiger partial charge on any atom is 0.432 e. The highest BCUT2D eigenvalue weighted by molar-refractivity contribution is 6.21. The van der Waals surface area contributed by atoms with Crippen LogP contribution in [-0.2, 0) is 31.4 Å². The molecule has 0 radical (unpaired) electrons. The Morgan fingerprint density at radius 2 is 1.06 bits per heavy atom. The minimum atomic E-state index is -5.03. The Morgan fingerprint density at radius 3 is 1.39 bits per heavy atom. The fourth-order valence-electron chi connectivity index (χ4n) is 8.68. The van der Waals surface area contributed by atoms with E-state index in [9.17, 15) is 55.7 Å². The Bertz CT molecular complexity index is 2830. The molecule has 0 bridgehead atoms. The molecule has 0 unspecified atom stereocenters. The lowest BCUT2D eigenvalue weighted by Crippen LogP contribution is -2.28. The lowest BCUT2D eigenvalue weighted by atomic mass is 9.95. The Hall–Kier alpha value is -6.66. The highest BCUT2D eigenvalue weighted by Gasteiger charge is 2.45. The van der Waals surface area contributed by atoms with Crippen molar-refractivity contribution < 1.29 is 65.2 Å². The average molecular weight is 930 g/mol. The van der Waals surface area contributed by atoms with Gasteiger partial charge in [-0.1, -0.05) is 36.4 Å². The normalized spacial score (nSPS) is 16.5. The van der Waals surface area contributed by atoms with Crippen molar-refractivity contribution in [2.45, 2.75) is 24.2 Å². The number of H-pyrrole nitrogens is 2. The van der Waals surface area contributed by atoms with Gasteiger partial charge in [0.25, 0.3) is 11.8 Å². The van der Waals surface area contributed by atoms with Crippen molar-refractivity contribution >= 4 is 103 Å². The number of amides is 2. The van der Waals surface area contributed by atoms with Crippen LogP contribution >= 0.6 is 23.2 Å². The van der Waals surface area contributed by atoms with E-state index in [4.69, 9.17) is 23.2 Å². The number of nitrogens with zero attached hydrogens (tertiary/aromatic N) is 2. The minimum Gasteiger partial charge on any atom is -0.506 e. The van der Waals surface area contributed by atoms with Crippen LogP contribution in [0.3, 0.4) is 0 Å². The molecule has 2 aliphatic rings. The summed E-state index contributed by atoms with van der Waals surface area (Å²) in [7, 11) is 1.84. The van der Waals surface area contributed by atoms with Gasteiger partial charge in [0.2, 0.25) is 0 Å². The number of fused-ring (bicyclic) bond motifs is 7. The lowest BCUT2D eigenvalue weighted by molar-refractivity contribution is -0.141. The van der Waals surface area contributed by atoms with Gasteiger partial charge in [-0.15, -0.1) is 23.2 Å². The van der Waals surface area contributed by atoms with Gasteiger partial charge < -0.3 is 39.5 Å². The number of hydrogen-bond acceptors (Lipinski definition) is 8. The summed E-state index contributed by atoms with van der Waals surface area (Å²) in [5.74, 6) is -6.89. The number of phenols is 2. The van der Waals surface area contributed by atoms with Crippen molar-refractivity contribution in [1.82, 2.24) is 9.97 Å². The second kappa shape index (κ2) is 16.2. The zero-order valence-corrected chi connectivity index (χ0v) is 34.7. The third-order valence-corrected chi connectivity index (χ3v) is 12.2. The third kappa shape index (κ3) is 7.13. The van der Waals surface area contributed by atoms with Gasteiger partial charge in [-0.3, -0.25) is 9.59 Å². The lowest BCUT2D eigenvalue weighted by Gasteiger charge is -2.16. The number of methoxy groups -OCH3 is 2. The van der Waals surface area contributed by atoms with Crippen molar-refractivity contribution in [2.75, 3.05) is 48.9 Å². The topological polar surface area (TPSA) is 165 Å². The van der Waals surface area contributed by atoms with E-state index in [1.165, 1.54) is 34.1 Å². The molecule has 4 aromatic carbocycles. The van der Waals surface area contributed by atoms with E-state index in [0.29, 0.717) is 21.9 Å². The average Bonchev–Trinajstić information content (AvgIpc) is 4.05. The predicted octanol–water partition coefficient (Wildman–Crippen LogP) is 9.59. The number of aromatic amines is 2. The first kappa shape index (κ1) is 44.0. The van der Waals surface area contributed by atoms with Crippen LogP contribution in [0.15, 0.2) is 60.7 Å². The minimum absolute atomic E-state index is 0.0545. The number of carbonyl (C=O) groups is 4. The summed E-state index contributed by atoms with van der Waals surface area (Å²) >= 11 is 12.6. The maximum absolute atomic E-state index is 14.1. The largest absolute Gasteiger partial charge is 0.506 e. The quantitative estimate of drug-likeness (QED) is 0.0507. The smallest absolute Gasteiger partial charge is 0.432 e. The van der Waals surface area contributed by atoms with Gasteiger partial charge in [-0.05, 0) is 45.2 Å². The summed E-state index contributed by atoms with van der Waals surface area (Å²) in [6, 6.07) is 12.6. The molecular formula is C44H32Cl2F6N4O8. The maximum atomic E-state index is 14.1. The second-order valence-corrected chi connectivity index (χ2v) is 15.6. The first-order valence-corrected chi connectivity index (χ1v) is 20.2. The number of carbonyl (C=O) groups excluding carboxylic acids is 4. The van der Waals surface area contributed by atoms with Crippen LogP contribution in [0.4, 0.5) is 37.7 Å². The molecule has 0 spiro atoms. The molecule has 12 nitrogen and oxygen atoms in total. The highest BCUT2D eigenvalue weighted by atomic mass is 35.5. The summed E-state index contributed by atoms with van der Waals surface area (Å²) < 4.78 is 93.9. The van der Waals surface area contributed by atoms with E-state index < -0.39 is 82.0 Å². The van der Waals surface area contributed by atoms with Crippen LogP contribution in [0.2, 0.25) is 0 Å². The van der Waals surface area contributed by atoms with Crippen LogP contribution in [0, 0.1) is 0 Å².